The van der Waals surface area contributed by atoms with Gasteiger partial charge in [-0.2, -0.15) is 0 Å². The molecule has 1 unspecified atom stereocenters. The molecule has 0 saturated heterocycles. The van der Waals surface area contributed by atoms with E-state index in [-0.39, 0.29) is 17.9 Å². The third kappa shape index (κ3) is 3.31. The van der Waals surface area contributed by atoms with Gasteiger partial charge in [-0.1, -0.05) is 12.8 Å². The summed E-state index contributed by atoms with van der Waals surface area (Å²) in [5.41, 5.74) is 0.297. The van der Waals surface area contributed by atoms with Crippen LogP contribution in [0.4, 0.5) is 5.69 Å². The molecule has 0 spiro atoms. The van der Waals surface area contributed by atoms with E-state index in [2.05, 4.69) is 5.32 Å². The number of amides is 2. The zero-order valence-electron chi connectivity index (χ0n) is 17.9. The summed E-state index contributed by atoms with van der Waals surface area (Å²) in [6.07, 6.45) is 4.28. The lowest BCUT2D eigenvalue weighted by atomic mass is 9.93. The highest BCUT2D eigenvalue weighted by Gasteiger charge is 2.49. The highest BCUT2D eigenvalue weighted by Crippen LogP contribution is 2.38. The van der Waals surface area contributed by atoms with E-state index < -0.39 is 5.54 Å². The second-order valence-electron chi connectivity index (χ2n) is 8.59. The van der Waals surface area contributed by atoms with Gasteiger partial charge in [0.2, 0.25) is 5.91 Å². The van der Waals surface area contributed by atoms with Crippen LogP contribution in [0.15, 0.2) is 41.8 Å². The Morgan fingerprint density at radius 1 is 1.23 bits per heavy atom. The van der Waals surface area contributed by atoms with E-state index in [1.54, 1.807) is 16.2 Å². The van der Waals surface area contributed by atoms with Crippen LogP contribution in [0.5, 0.6) is 5.75 Å². The fourth-order valence-electron chi connectivity index (χ4n) is 4.87. The molecule has 1 fully saturated rings. The first-order chi connectivity index (χ1) is 15.0. The van der Waals surface area contributed by atoms with Gasteiger partial charge in [-0.3, -0.25) is 14.5 Å². The Bertz CT molecular complexity index is 1130. The van der Waals surface area contributed by atoms with E-state index in [1.807, 2.05) is 60.2 Å². The average Bonchev–Trinajstić information content (AvgIpc) is 3.48. The molecule has 1 atom stereocenters. The Morgan fingerprint density at radius 2 is 1.97 bits per heavy atom. The van der Waals surface area contributed by atoms with E-state index in [0.717, 1.165) is 41.6 Å². The number of nitrogens with zero attached hydrogens (tertiary/aromatic N) is 2. The smallest absolute Gasteiger partial charge is 0.275 e. The van der Waals surface area contributed by atoms with Crippen molar-refractivity contribution in [2.45, 2.75) is 57.7 Å². The van der Waals surface area contributed by atoms with Gasteiger partial charge >= 0.3 is 0 Å². The number of carbonyl (C=O) groups excluding carboxylic acids is 2. The van der Waals surface area contributed by atoms with Crippen LogP contribution in [-0.2, 0) is 11.3 Å². The average molecular weight is 438 g/mol. The Hall–Kier alpha value is -2.80. The highest BCUT2D eigenvalue weighted by molar-refractivity contribution is 7.16. The van der Waals surface area contributed by atoms with E-state index >= 15 is 0 Å². The summed E-state index contributed by atoms with van der Waals surface area (Å²) >= 11 is 1.60. The summed E-state index contributed by atoms with van der Waals surface area (Å²) in [5, 5.41) is 6.31. The van der Waals surface area contributed by atoms with Crippen molar-refractivity contribution in [1.82, 2.24) is 9.88 Å². The maximum Gasteiger partial charge on any atom is 0.275 e. The van der Waals surface area contributed by atoms with Crippen LogP contribution < -0.4 is 15.0 Å². The molecule has 0 bridgehead atoms. The second kappa shape index (κ2) is 7.71. The van der Waals surface area contributed by atoms with Crippen molar-refractivity contribution in [3.63, 3.8) is 0 Å². The van der Waals surface area contributed by atoms with E-state index in [4.69, 9.17) is 4.74 Å². The molecule has 2 aromatic heterocycles. The lowest BCUT2D eigenvalue weighted by Gasteiger charge is -2.44. The molecule has 6 nitrogen and oxygen atoms in total. The van der Waals surface area contributed by atoms with Crippen molar-refractivity contribution >= 4 is 39.1 Å². The molecule has 3 aromatic rings. The number of hydrogen-bond acceptors (Lipinski definition) is 4. The quantitative estimate of drug-likeness (QED) is 0.636. The standard InChI is InChI=1S/C24H27N3O3S/c1-3-30-19-10-8-18(9-11-19)27-21(28)20-14-16-12-13-31-22(16)26(20)15-24(27,2)23(29)25-17-6-4-5-7-17/h8-14,17H,3-7,15H2,1-2H3,(H,25,29). The van der Waals surface area contributed by atoms with Crippen LogP contribution >= 0.6 is 11.3 Å². The number of carbonyl (C=O) groups is 2. The summed E-state index contributed by atoms with van der Waals surface area (Å²) in [5.74, 6) is 0.505. The summed E-state index contributed by atoms with van der Waals surface area (Å²) < 4.78 is 7.58. The maximum absolute atomic E-state index is 13.8. The molecular weight excluding hydrogens is 410 g/mol. The van der Waals surface area contributed by atoms with Crippen LogP contribution in [-0.4, -0.2) is 34.6 Å². The van der Waals surface area contributed by atoms with Gasteiger partial charge in [0.15, 0.2) is 0 Å². The molecule has 1 N–H and O–H groups in total. The molecule has 162 valence electrons. The number of nitrogens with one attached hydrogen (secondary N) is 1. The fraction of sp³-hybridized carbons (Fsp3) is 0.417. The molecular formula is C24H27N3O3S. The van der Waals surface area contributed by atoms with Gasteiger partial charge in [-0.05, 0) is 68.5 Å². The van der Waals surface area contributed by atoms with Gasteiger partial charge in [0.05, 0.1) is 13.2 Å². The van der Waals surface area contributed by atoms with Crippen LogP contribution in [0.2, 0.25) is 0 Å². The molecule has 7 heteroatoms. The van der Waals surface area contributed by atoms with Gasteiger partial charge in [0.1, 0.15) is 21.8 Å². The maximum atomic E-state index is 13.8. The summed E-state index contributed by atoms with van der Waals surface area (Å²) in [6, 6.07) is 11.6. The number of aromatic nitrogens is 1. The number of benzene rings is 1. The minimum Gasteiger partial charge on any atom is -0.494 e. The molecule has 31 heavy (non-hydrogen) atoms. The number of fused-ring (bicyclic) bond motifs is 3. The van der Waals surface area contributed by atoms with E-state index in [1.165, 1.54) is 0 Å². The lowest BCUT2D eigenvalue weighted by Crippen LogP contribution is -2.65. The van der Waals surface area contributed by atoms with Gasteiger partial charge in [0.25, 0.3) is 5.91 Å². The third-order valence-corrected chi connectivity index (χ3v) is 7.42. The van der Waals surface area contributed by atoms with Crippen molar-refractivity contribution < 1.29 is 14.3 Å². The van der Waals surface area contributed by atoms with Crippen LogP contribution in [0.25, 0.3) is 10.2 Å². The number of thiophene rings is 1. The second-order valence-corrected chi connectivity index (χ2v) is 9.49. The number of hydrogen-bond donors (Lipinski definition) is 1. The number of ether oxygens (including phenoxy) is 1. The van der Waals surface area contributed by atoms with Crippen molar-refractivity contribution in [3.05, 3.63) is 47.5 Å². The molecule has 2 aliphatic rings. The predicted octanol–water partition coefficient (Wildman–Crippen LogP) is 4.58. The zero-order chi connectivity index (χ0) is 21.6. The van der Waals surface area contributed by atoms with Gasteiger partial charge in [-0.15, -0.1) is 11.3 Å². The van der Waals surface area contributed by atoms with Crippen molar-refractivity contribution in [1.29, 1.82) is 0 Å². The minimum absolute atomic E-state index is 0.0920. The molecule has 1 aromatic carbocycles. The van der Waals surface area contributed by atoms with Gasteiger partial charge in [0, 0.05) is 17.1 Å². The number of anilines is 1. The first-order valence-electron chi connectivity index (χ1n) is 11.0. The van der Waals surface area contributed by atoms with Gasteiger partial charge in [-0.25, -0.2) is 0 Å². The van der Waals surface area contributed by atoms with E-state index in [0.29, 0.717) is 24.5 Å². The van der Waals surface area contributed by atoms with Crippen molar-refractivity contribution in [2.24, 2.45) is 0 Å². The largest absolute Gasteiger partial charge is 0.494 e. The molecule has 2 amide bonds. The van der Waals surface area contributed by atoms with Crippen LogP contribution in [0.3, 0.4) is 0 Å². The monoisotopic (exact) mass is 437 g/mol. The Balaban J connectivity index is 1.58. The third-order valence-electron chi connectivity index (χ3n) is 6.47. The minimum atomic E-state index is -1.03. The summed E-state index contributed by atoms with van der Waals surface area (Å²) in [6.45, 7) is 4.82. The first kappa shape index (κ1) is 20.1. The van der Waals surface area contributed by atoms with Crippen molar-refractivity contribution in [2.75, 3.05) is 11.5 Å². The van der Waals surface area contributed by atoms with Gasteiger partial charge < -0.3 is 14.6 Å². The predicted molar refractivity (Wildman–Crippen MR) is 123 cm³/mol. The molecule has 1 aliphatic heterocycles. The summed E-state index contributed by atoms with van der Waals surface area (Å²) in [7, 11) is 0. The Kier molecular flexibility index (Phi) is 5.01. The topological polar surface area (TPSA) is 63.6 Å². The molecule has 1 saturated carbocycles. The van der Waals surface area contributed by atoms with E-state index in [9.17, 15) is 9.59 Å². The normalized spacial score (nSPS) is 21.5. The summed E-state index contributed by atoms with van der Waals surface area (Å²) in [4.78, 5) is 30.1. The number of rotatable bonds is 5. The van der Waals surface area contributed by atoms with Crippen molar-refractivity contribution in [3.8, 4) is 5.75 Å². The SMILES string of the molecule is CCOc1ccc(N2C(=O)c3cc4ccsc4n3CC2(C)C(=O)NC2CCCC2)cc1. The molecule has 5 rings (SSSR count). The zero-order valence-corrected chi connectivity index (χ0v) is 18.7. The highest BCUT2D eigenvalue weighted by atomic mass is 32.1. The van der Waals surface area contributed by atoms with Crippen LogP contribution in [0.1, 0.15) is 50.0 Å². The van der Waals surface area contributed by atoms with Crippen LogP contribution in [0, 0.1) is 0 Å². The Morgan fingerprint density at radius 3 is 2.68 bits per heavy atom. The first-order valence-corrected chi connectivity index (χ1v) is 11.8. The lowest BCUT2D eigenvalue weighted by molar-refractivity contribution is -0.127. The molecule has 1 aliphatic carbocycles. The fourth-order valence-corrected chi connectivity index (χ4v) is 5.77. The molecule has 3 heterocycles. The Labute approximate surface area is 185 Å². The molecule has 0 radical (unpaired) electrons.